The lowest BCUT2D eigenvalue weighted by Gasteiger charge is -2.33. The summed E-state index contributed by atoms with van der Waals surface area (Å²) in [6.07, 6.45) is 0. The molecule has 8 aromatic carbocycles. The van der Waals surface area contributed by atoms with Gasteiger partial charge >= 0.3 is 6.92 Å². The molecule has 0 amide bonds. The Morgan fingerprint density at radius 3 is 1.94 bits per heavy atom. The Kier molecular flexibility index (Phi) is 5.83. The van der Waals surface area contributed by atoms with Gasteiger partial charge in [-0.1, -0.05) is 121 Å². The van der Waals surface area contributed by atoms with E-state index < -0.39 is 0 Å². The molecule has 2 aromatic heterocycles. The molecule has 0 radical (unpaired) electrons. The van der Waals surface area contributed by atoms with Crippen molar-refractivity contribution in [2.75, 3.05) is 0 Å². The molecule has 4 nitrogen and oxygen atoms in total. The molecule has 4 heterocycles. The third-order valence-corrected chi connectivity index (χ3v) is 11.1. The van der Waals surface area contributed by atoms with Crippen LogP contribution in [0.2, 0.25) is 0 Å². The summed E-state index contributed by atoms with van der Waals surface area (Å²) in [5.74, 6) is 2.45. The van der Waals surface area contributed by atoms with Crippen LogP contribution in [-0.4, -0.2) is 11.5 Å². The highest BCUT2D eigenvalue weighted by atomic mass is 16.5. The van der Waals surface area contributed by atoms with Gasteiger partial charge < -0.3 is 18.4 Å². The fourth-order valence-corrected chi connectivity index (χ4v) is 8.75. The number of furan rings is 1. The van der Waals surface area contributed by atoms with Gasteiger partial charge in [0.15, 0.2) is 0 Å². The number of benzene rings is 8. The van der Waals surface area contributed by atoms with Gasteiger partial charge in [0, 0.05) is 49.2 Å². The van der Waals surface area contributed by atoms with Crippen LogP contribution in [0.4, 0.5) is 0 Å². The molecule has 0 saturated heterocycles. The molecule has 0 unspecified atom stereocenters. The van der Waals surface area contributed by atoms with E-state index in [1.165, 1.54) is 21.8 Å². The highest BCUT2D eigenvalue weighted by molar-refractivity contribution is 6.84. The fraction of sp³-hybridized carbons (Fsp3) is 0. The summed E-state index contributed by atoms with van der Waals surface area (Å²) in [5, 5.41) is 4.69. The van der Waals surface area contributed by atoms with E-state index in [0.29, 0.717) is 0 Å². The Labute approximate surface area is 305 Å². The summed E-state index contributed by atoms with van der Waals surface area (Å²) in [4.78, 5) is 0. The minimum absolute atomic E-state index is 0.309. The summed E-state index contributed by atoms with van der Waals surface area (Å²) in [7, 11) is 0. The number of hydrogen-bond donors (Lipinski definition) is 0. The highest BCUT2D eigenvalue weighted by Crippen LogP contribution is 2.44. The van der Waals surface area contributed by atoms with Gasteiger partial charge in [-0.05, 0) is 65.2 Å². The molecule has 246 valence electrons. The first-order valence-electron chi connectivity index (χ1n) is 18.0. The minimum atomic E-state index is -0.309. The van der Waals surface area contributed by atoms with Crippen molar-refractivity contribution in [3.63, 3.8) is 0 Å². The molecule has 0 fully saturated rings. The van der Waals surface area contributed by atoms with Gasteiger partial charge in [0.05, 0.1) is 16.7 Å². The molecular weight excluding hydrogens is 649 g/mol. The average molecular weight is 678 g/mol. The highest BCUT2D eigenvalue weighted by Gasteiger charge is 2.41. The van der Waals surface area contributed by atoms with Crippen molar-refractivity contribution in [2.45, 2.75) is 0 Å². The lowest BCUT2D eigenvalue weighted by molar-refractivity contribution is 0.480. The number of rotatable bonds is 3. The van der Waals surface area contributed by atoms with E-state index in [1.54, 1.807) is 0 Å². The zero-order valence-electron chi connectivity index (χ0n) is 28.4. The van der Waals surface area contributed by atoms with Crippen LogP contribution in [0.15, 0.2) is 174 Å². The maximum Gasteiger partial charge on any atom is 0.434 e. The summed E-state index contributed by atoms with van der Waals surface area (Å²) in [5.41, 5.74) is 13.7. The van der Waals surface area contributed by atoms with Crippen LogP contribution in [-0.2, 0) is 0 Å². The summed E-state index contributed by atoms with van der Waals surface area (Å²) in [6, 6.07) is 59.9. The first-order valence-corrected chi connectivity index (χ1v) is 18.0. The van der Waals surface area contributed by atoms with E-state index in [2.05, 4.69) is 156 Å². The fourth-order valence-electron chi connectivity index (χ4n) is 8.75. The Balaban J connectivity index is 1.05. The predicted octanol–water partition coefficient (Wildman–Crippen LogP) is 11.3. The van der Waals surface area contributed by atoms with Gasteiger partial charge in [0.25, 0.3) is 0 Å². The molecule has 0 aliphatic carbocycles. The van der Waals surface area contributed by atoms with Crippen LogP contribution in [0.3, 0.4) is 0 Å². The molecule has 0 bridgehead atoms. The van der Waals surface area contributed by atoms with Crippen molar-refractivity contribution in [1.29, 1.82) is 0 Å². The van der Waals surface area contributed by atoms with E-state index in [4.69, 9.17) is 13.8 Å². The van der Waals surface area contributed by atoms with E-state index in [0.717, 1.165) is 89.2 Å². The Morgan fingerprint density at radius 2 is 1.09 bits per heavy atom. The van der Waals surface area contributed by atoms with Crippen molar-refractivity contribution < 1.29 is 13.8 Å². The second-order valence-electron chi connectivity index (χ2n) is 14.0. The number of ether oxygens (including phenoxy) is 1. The molecule has 53 heavy (non-hydrogen) atoms. The van der Waals surface area contributed by atoms with Gasteiger partial charge in [0.2, 0.25) is 0 Å². The number of para-hydroxylation sites is 6. The number of fused-ring (bicyclic) bond motifs is 10. The van der Waals surface area contributed by atoms with Crippen LogP contribution in [0.25, 0.3) is 82.8 Å². The maximum absolute atomic E-state index is 6.99. The molecule has 2 aliphatic rings. The lowest BCUT2D eigenvalue weighted by atomic mass is 9.50. The standard InChI is InChI=1S/C48H28BNO3/c1-6-19-40(50-41-20-7-2-13-33(41)34-14-3-8-21-42(34)50)31(12-1)29-24-25-39-45(27-29)51-46-28-30(26-38-36-16-5-10-23-44(36)53-49(39)47(38)46)32-17-11-18-37-35-15-4-9-22-43(35)52-48(32)37/h1-28H. The largest absolute Gasteiger partial charge is 0.551 e. The number of aromatic nitrogens is 1. The maximum atomic E-state index is 6.99. The second-order valence-corrected chi connectivity index (χ2v) is 14.0. The third kappa shape index (κ3) is 4.07. The second kappa shape index (κ2) is 10.8. The van der Waals surface area contributed by atoms with E-state index in [1.807, 2.05) is 18.2 Å². The molecule has 0 N–H and O–H groups in total. The van der Waals surface area contributed by atoms with Gasteiger partial charge in [-0.25, -0.2) is 0 Å². The molecule has 12 rings (SSSR count). The van der Waals surface area contributed by atoms with Crippen LogP contribution in [0.1, 0.15) is 0 Å². The molecule has 10 aromatic rings. The average Bonchev–Trinajstić information content (AvgIpc) is 3.76. The monoisotopic (exact) mass is 677 g/mol. The van der Waals surface area contributed by atoms with E-state index in [9.17, 15) is 0 Å². The Morgan fingerprint density at radius 1 is 0.434 bits per heavy atom. The molecular formula is C48H28BNO3. The van der Waals surface area contributed by atoms with Crippen molar-refractivity contribution >= 4 is 61.6 Å². The smallest absolute Gasteiger partial charge is 0.434 e. The van der Waals surface area contributed by atoms with Crippen LogP contribution in [0, 0.1) is 0 Å². The van der Waals surface area contributed by atoms with Crippen molar-refractivity contribution in [3.05, 3.63) is 170 Å². The van der Waals surface area contributed by atoms with Gasteiger partial charge in [-0.15, -0.1) is 0 Å². The molecule has 0 saturated carbocycles. The number of nitrogens with zero attached hydrogens (tertiary/aromatic N) is 1. The van der Waals surface area contributed by atoms with Crippen LogP contribution < -0.4 is 20.3 Å². The Bertz CT molecular complexity index is 3100. The first-order chi connectivity index (χ1) is 26.3. The lowest BCUT2D eigenvalue weighted by Crippen LogP contribution is -2.53. The van der Waals surface area contributed by atoms with Crippen LogP contribution >= 0.6 is 0 Å². The normalized spacial score (nSPS) is 12.8. The van der Waals surface area contributed by atoms with Crippen molar-refractivity contribution in [3.8, 4) is 56.3 Å². The zero-order valence-corrected chi connectivity index (χ0v) is 28.4. The molecule has 5 heteroatoms. The predicted molar refractivity (Wildman–Crippen MR) is 217 cm³/mol. The van der Waals surface area contributed by atoms with Crippen molar-refractivity contribution in [2.24, 2.45) is 0 Å². The summed E-state index contributed by atoms with van der Waals surface area (Å²) < 4.78 is 22.7. The van der Waals surface area contributed by atoms with E-state index in [-0.39, 0.29) is 6.92 Å². The zero-order chi connectivity index (χ0) is 34.6. The number of hydrogen-bond acceptors (Lipinski definition) is 3. The van der Waals surface area contributed by atoms with Gasteiger partial charge in [-0.2, -0.15) is 0 Å². The summed E-state index contributed by atoms with van der Waals surface area (Å²) in [6.45, 7) is -0.309. The Hall–Kier alpha value is -6.98. The minimum Gasteiger partial charge on any atom is -0.551 e. The topological polar surface area (TPSA) is 36.5 Å². The molecule has 0 spiro atoms. The van der Waals surface area contributed by atoms with E-state index >= 15 is 0 Å². The van der Waals surface area contributed by atoms with Crippen molar-refractivity contribution in [1.82, 2.24) is 4.57 Å². The van der Waals surface area contributed by atoms with Gasteiger partial charge in [-0.3, -0.25) is 0 Å². The third-order valence-electron chi connectivity index (χ3n) is 11.1. The summed E-state index contributed by atoms with van der Waals surface area (Å²) >= 11 is 0. The quantitative estimate of drug-likeness (QED) is 0.175. The first kappa shape index (κ1) is 28.7. The molecule has 2 aliphatic heterocycles. The van der Waals surface area contributed by atoms with Crippen LogP contribution in [0.5, 0.6) is 17.2 Å². The van der Waals surface area contributed by atoms with Gasteiger partial charge in [0.1, 0.15) is 28.4 Å². The SMILES string of the molecule is c1ccc2c(c1)OB1c3ccc(-c4ccccc4-n4c5ccccc5c5ccccc54)cc3Oc3cc(-c4cccc5c4oc4ccccc45)cc-2c31. The molecule has 0 atom stereocenters.